The molecule has 1 amide bonds. The van der Waals surface area contributed by atoms with Gasteiger partial charge in [0.05, 0.1) is 17.7 Å². The Morgan fingerprint density at radius 3 is 2.38 bits per heavy atom. The van der Waals surface area contributed by atoms with Crippen LogP contribution in [0.15, 0.2) is 53.4 Å². The van der Waals surface area contributed by atoms with Crippen molar-refractivity contribution in [3.63, 3.8) is 0 Å². The number of sulfonamides is 1. The molecule has 26 heavy (non-hydrogen) atoms. The van der Waals surface area contributed by atoms with E-state index < -0.39 is 10.0 Å². The Balaban J connectivity index is 2.27. The second kappa shape index (κ2) is 8.23. The number of ether oxygens (including phenoxy) is 1. The maximum atomic E-state index is 12.9. The smallest absolute Gasteiger partial charge is 0.264 e. The number of nitrogens with zero attached hydrogens (tertiary/aromatic N) is 1. The molecule has 1 N–H and O–H groups in total. The molecule has 0 aliphatic rings. The van der Waals surface area contributed by atoms with E-state index >= 15 is 0 Å². The van der Waals surface area contributed by atoms with Crippen LogP contribution in [0.4, 0.5) is 5.69 Å². The molecular weight excluding hydrogens is 352 g/mol. The Kier molecular flexibility index (Phi) is 6.26. The molecule has 6 nitrogen and oxygen atoms in total. The Bertz CT molecular complexity index is 861. The fourth-order valence-electron chi connectivity index (χ4n) is 2.29. The van der Waals surface area contributed by atoms with Gasteiger partial charge in [0.15, 0.2) is 0 Å². The van der Waals surface area contributed by atoms with Gasteiger partial charge >= 0.3 is 0 Å². The highest BCUT2D eigenvalue weighted by Gasteiger charge is 2.22. The van der Waals surface area contributed by atoms with Crippen LogP contribution in [0.5, 0.6) is 5.75 Å². The zero-order valence-electron chi connectivity index (χ0n) is 15.4. The number of carbonyl (C=O) groups excluding carboxylic acids is 1. The number of carbonyl (C=O) groups is 1. The third-order valence-electron chi connectivity index (χ3n) is 3.86. The lowest BCUT2D eigenvalue weighted by Crippen LogP contribution is -2.29. The van der Waals surface area contributed by atoms with Crippen LogP contribution in [0.3, 0.4) is 0 Å². The number of methoxy groups -OCH3 is 1. The zero-order valence-corrected chi connectivity index (χ0v) is 16.2. The molecule has 2 aromatic rings. The lowest BCUT2D eigenvalue weighted by atomic mass is 10.2. The molecule has 0 fully saturated rings. The highest BCUT2D eigenvalue weighted by atomic mass is 32.2. The van der Waals surface area contributed by atoms with E-state index in [4.69, 9.17) is 4.74 Å². The fourth-order valence-corrected chi connectivity index (χ4v) is 3.53. The molecule has 0 aliphatic carbocycles. The first kappa shape index (κ1) is 19.8. The third-order valence-corrected chi connectivity index (χ3v) is 5.64. The van der Waals surface area contributed by atoms with Crippen LogP contribution in [0, 0.1) is 5.92 Å². The summed E-state index contributed by atoms with van der Waals surface area (Å²) in [4.78, 5) is 12.3. The van der Waals surface area contributed by atoms with Crippen molar-refractivity contribution in [2.45, 2.75) is 18.7 Å². The van der Waals surface area contributed by atoms with Gasteiger partial charge in [-0.1, -0.05) is 19.9 Å². The molecule has 2 rings (SSSR count). The van der Waals surface area contributed by atoms with E-state index in [2.05, 4.69) is 5.32 Å². The van der Waals surface area contributed by atoms with E-state index in [-0.39, 0.29) is 10.8 Å². The number of anilines is 1. The predicted octanol–water partition coefficient (Wildman–Crippen LogP) is 2.91. The molecule has 0 unspecified atom stereocenters. The minimum atomic E-state index is -3.79. The van der Waals surface area contributed by atoms with Crippen LogP contribution in [-0.4, -0.2) is 35.0 Å². The predicted molar refractivity (Wildman–Crippen MR) is 102 cm³/mol. The van der Waals surface area contributed by atoms with Gasteiger partial charge in [0.25, 0.3) is 15.9 Å². The summed E-state index contributed by atoms with van der Waals surface area (Å²) < 4.78 is 32.0. The van der Waals surface area contributed by atoms with E-state index in [1.807, 2.05) is 13.8 Å². The first-order chi connectivity index (χ1) is 12.3. The normalized spacial score (nSPS) is 11.3. The summed E-state index contributed by atoms with van der Waals surface area (Å²) in [5, 5.41) is 2.79. The van der Waals surface area contributed by atoms with Gasteiger partial charge in [-0.25, -0.2) is 8.42 Å². The van der Waals surface area contributed by atoms with E-state index in [1.54, 1.807) is 43.5 Å². The van der Waals surface area contributed by atoms with Gasteiger partial charge in [0.2, 0.25) is 0 Å². The number of rotatable bonds is 7. The van der Waals surface area contributed by atoms with Crippen LogP contribution in [0.2, 0.25) is 0 Å². The highest BCUT2D eigenvalue weighted by molar-refractivity contribution is 7.92. The van der Waals surface area contributed by atoms with Crippen molar-refractivity contribution < 1.29 is 17.9 Å². The van der Waals surface area contributed by atoms with Crippen LogP contribution < -0.4 is 14.4 Å². The van der Waals surface area contributed by atoms with Crippen molar-refractivity contribution in [2.75, 3.05) is 25.0 Å². The van der Waals surface area contributed by atoms with Gasteiger partial charge in [0.1, 0.15) is 5.75 Å². The summed E-state index contributed by atoms with van der Waals surface area (Å²) in [6, 6.07) is 12.8. The van der Waals surface area contributed by atoms with Gasteiger partial charge in [0, 0.05) is 19.2 Å². The number of nitrogens with one attached hydrogen (secondary N) is 1. The molecule has 0 saturated carbocycles. The molecule has 0 aromatic heterocycles. The van der Waals surface area contributed by atoms with Crippen molar-refractivity contribution in [3.05, 3.63) is 54.1 Å². The summed E-state index contributed by atoms with van der Waals surface area (Å²) in [6.45, 7) is 4.51. The summed E-state index contributed by atoms with van der Waals surface area (Å²) >= 11 is 0. The standard InChI is InChI=1S/C19H24N2O4S/c1-14(2)13-20-19(22)15-6-5-7-18(12-15)26(23,24)21(3)16-8-10-17(25-4)11-9-16/h5-12,14H,13H2,1-4H3,(H,20,22). The molecule has 0 spiro atoms. The Morgan fingerprint density at radius 1 is 1.15 bits per heavy atom. The first-order valence-electron chi connectivity index (χ1n) is 8.27. The second-order valence-electron chi connectivity index (χ2n) is 6.30. The van der Waals surface area contributed by atoms with Crippen LogP contribution >= 0.6 is 0 Å². The maximum absolute atomic E-state index is 12.9. The van der Waals surface area contributed by atoms with Gasteiger partial charge in [-0.15, -0.1) is 0 Å². The van der Waals surface area contributed by atoms with E-state index in [1.165, 1.54) is 23.5 Å². The average molecular weight is 376 g/mol. The summed E-state index contributed by atoms with van der Waals surface area (Å²) in [5.41, 5.74) is 0.815. The van der Waals surface area contributed by atoms with Crippen molar-refractivity contribution in [2.24, 2.45) is 5.92 Å². The van der Waals surface area contributed by atoms with E-state index in [0.29, 0.717) is 29.5 Å². The molecule has 0 aliphatic heterocycles. The lowest BCUT2D eigenvalue weighted by Gasteiger charge is -2.20. The summed E-state index contributed by atoms with van der Waals surface area (Å²) in [7, 11) is -0.765. The molecule has 2 aromatic carbocycles. The van der Waals surface area contributed by atoms with Crippen LogP contribution in [0.25, 0.3) is 0 Å². The number of benzene rings is 2. The summed E-state index contributed by atoms with van der Waals surface area (Å²) in [5.74, 6) is 0.665. The molecule has 0 bridgehead atoms. The molecule has 0 saturated heterocycles. The summed E-state index contributed by atoms with van der Waals surface area (Å²) in [6.07, 6.45) is 0. The average Bonchev–Trinajstić information content (AvgIpc) is 2.65. The largest absolute Gasteiger partial charge is 0.497 e. The SMILES string of the molecule is COc1ccc(N(C)S(=O)(=O)c2cccc(C(=O)NCC(C)C)c2)cc1. The van der Waals surface area contributed by atoms with Crippen molar-refractivity contribution in [1.29, 1.82) is 0 Å². The Labute approximate surface area is 154 Å². The minimum Gasteiger partial charge on any atom is -0.497 e. The molecule has 7 heteroatoms. The van der Waals surface area contributed by atoms with Gasteiger partial charge in [-0.3, -0.25) is 9.10 Å². The first-order valence-corrected chi connectivity index (χ1v) is 9.71. The van der Waals surface area contributed by atoms with Gasteiger partial charge in [-0.2, -0.15) is 0 Å². The molecule has 140 valence electrons. The highest BCUT2D eigenvalue weighted by Crippen LogP contribution is 2.24. The maximum Gasteiger partial charge on any atom is 0.264 e. The van der Waals surface area contributed by atoms with Crippen LogP contribution in [0.1, 0.15) is 24.2 Å². The number of amides is 1. The van der Waals surface area contributed by atoms with E-state index in [0.717, 1.165) is 0 Å². The van der Waals surface area contributed by atoms with Crippen molar-refractivity contribution >= 4 is 21.6 Å². The quantitative estimate of drug-likeness (QED) is 0.806. The minimum absolute atomic E-state index is 0.0630. The van der Waals surface area contributed by atoms with E-state index in [9.17, 15) is 13.2 Å². The Hall–Kier alpha value is -2.54. The second-order valence-corrected chi connectivity index (χ2v) is 8.27. The van der Waals surface area contributed by atoms with Crippen molar-refractivity contribution in [3.8, 4) is 5.75 Å². The molecule has 0 radical (unpaired) electrons. The molecule has 0 heterocycles. The number of hydrogen-bond donors (Lipinski definition) is 1. The molecular formula is C19H24N2O4S. The van der Waals surface area contributed by atoms with Gasteiger partial charge < -0.3 is 10.1 Å². The number of hydrogen-bond acceptors (Lipinski definition) is 4. The van der Waals surface area contributed by atoms with Crippen molar-refractivity contribution in [1.82, 2.24) is 5.32 Å². The monoisotopic (exact) mass is 376 g/mol. The third kappa shape index (κ3) is 4.54. The van der Waals surface area contributed by atoms with Crippen LogP contribution in [-0.2, 0) is 10.0 Å². The zero-order chi connectivity index (χ0) is 19.3. The van der Waals surface area contributed by atoms with Gasteiger partial charge in [-0.05, 0) is 48.4 Å². The Morgan fingerprint density at radius 2 is 1.81 bits per heavy atom. The fraction of sp³-hybridized carbons (Fsp3) is 0.316. The molecule has 0 atom stereocenters. The topological polar surface area (TPSA) is 75.7 Å². The lowest BCUT2D eigenvalue weighted by molar-refractivity contribution is 0.0949.